The van der Waals surface area contributed by atoms with Crippen molar-refractivity contribution in [3.63, 3.8) is 0 Å². The number of quaternary nitrogens is 1. The van der Waals surface area contributed by atoms with E-state index in [9.17, 15) is 4.79 Å². The van der Waals surface area contributed by atoms with Gasteiger partial charge in [0.1, 0.15) is 5.70 Å². The lowest BCUT2D eigenvalue weighted by Crippen LogP contribution is -3.00. The Hall–Kier alpha value is -1.72. The molecule has 26 heavy (non-hydrogen) atoms. The Morgan fingerprint density at radius 3 is 2.35 bits per heavy atom. The Kier molecular flexibility index (Phi) is 6.58. The predicted octanol–water partition coefficient (Wildman–Crippen LogP) is -1.04. The van der Waals surface area contributed by atoms with Crippen LogP contribution in [-0.2, 0) is 11.2 Å². The van der Waals surface area contributed by atoms with Crippen molar-refractivity contribution in [1.29, 1.82) is 0 Å². The van der Waals surface area contributed by atoms with Crippen LogP contribution in [0.5, 0.6) is 11.5 Å². The van der Waals surface area contributed by atoms with Gasteiger partial charge >= 0.3 is 0 Å². The topological polar surface area (TPSA) is 55.4 Å². The molecule has 1 aromatic carbocycles. The zero-order valence-corrected chi connectivity index (χ0v) is 16.9. The maximum atomic E-state index is 12.7. The summed E-state index contributed by atoms with van der Waals surface area (Å²) < 4.78 is 10.9. The third-order valence-electron chi connectivity index (χ3n) is 5.06. The molecule has 2 aliphatic rings. The van der Waals surface area contributed by atoms with E-state index in [0.29, 0.717) is 5.75 Å². The molecule has 0 aliphatic carbocycles. The van der Waals surface area contributed by atoms with E-state index in [-0.39, 0.29) is 23.9 Å². The largest absolute Gasteiger partial charge is 1.00 e. The van der Waals surface area contributed by atoms with E-state index < -0.39 is 0 Å². The molecule has 6 heteroatoms. The zero-order chi connectivity index (χ0) is 18.0. The number of carbonyl (C=O) groups excluding carboxylic acids is 1. The molecule has 0 unspecified atom stereocenters. The number of benzene rings is 1. The second kappa shape index (κ2) is 8.31. The molecule has 1 saturated heterocycles. The fourth-order valence-electron chi connectivity index (χ4n) is 3.83. The Morgan fingerprint density at radius 2 is 1.73 bits per heavy atom. The van der Waals surface area contributed by atoms with Crippen molar-refractivity contribution in [2.75, 3.05) is 27.3 Å². The number of hydrogen-bond acceptors (Lipinski definition) is 3. The third kappa shape index (κ3) is 4.33. The van der Waals surface area contributed by atoms with Crippen LogP contribution in [0, 0.1) is 0 Å². The number of hydrogen-bond donors (Lipinski definition) is 1. The van der Waals surface area contributed by atoms with Crippen molar-refractivity contribution >= 4 is 11.6 Å². The van der Waals surface area contributed by atoms with E-state index in [2.05, 4.69) is 19.2 Å². The van der Waals surface area contributed by atoms with Crippen molar-refractivity contribution in [1.82, 2.24) is 4.90 Å². The number of methoxy groups -OCH3 is 2. The first-order valence-electron chi connectivity index (χ1n) is 9.05. The highest BCUT2D eigenvalue weighted by Crippen LogP contribution is 2.35. The Bertz CT molecular complexity index is 695. The smallest absolute Gasteiger partial charge is 0.252 e. The number of nitrogens with zero attached hydrogens (tertiary/aromatic N) is 1. The molecule has 1 amide bonds. The van der Waals surface area contributed by atoms with Gasteiger partial charge < -0.3 is 32.1 Å². The monoisotopic (exact) mass is 380 g/mol. The van der Waals surface area contributed by atoms with Gasteiger partial charge in [-0.15, -0.1) is 0 Å². The van der Waals surface area contributed by atoms with E-state index in [4.69, 9.17) is 9.47 Å². The Morgan fingerprint density at radius 1 is 1.12 bits per heavy atom. The van der Waals surface area contributed by atoms with E-state index in [1.165, 1.54) is 12.0 Å². The minimum atomic E-state index is 0. The lowest BCUT2D eigenvalue weighted by molar-refractivity contribution is -0.641. The van der Waals surface area contributed by atoms with E-state index in [1.54, 1.807) is 20.3 Å². The molecule has 0 bridgehead atoms. The quantitative estimate of drug-likeness (QED) is 0.681. The summed E-state index contributed by atoms with van der Waals surface area (Å²) in [7, 11) is 3.30. The molecule has 1 fully saturated rings. The molecule has 3 rings (SSSR count). The van der Waals surface area contributed by atoms with Crippen molar-refractivity contribution < 1.29 is 32.0 Å². The first-order valence-corrected chi connectivity index (χ1v) is 9.05. The van der Waals surface area contributed by atoms with Crippen molar-refractivity contribution in [2.45, 2.75) is 45.1 Å². The van der Waals surface area contributed by atoms with Crippen LogP contribution in [0.1, 0.15) is 44.2 Å². The van der Waals surface area contributed by atoms with Crippen LogP contribution in [0.3, 0.4) is 0 Å². The summed E-state index contributed by atoms with van der Waals surface area (Å²) in [4.78, 5) is 14.7. The van der Waals surface area contributed by atoms with Gasteiger partial charge in [0, 0.05) is 25.1 Å². The predicted molar refractivity (Wildman–Crippen MR) is 97.7 cm³/mol. The maximum Gasteiger partial charge on any atom is 0.252 e. The molecule has 0 spiro atoms. The summed E-state index contributed by atoms with van der Waals surface area (Å²) in [6, 6.07) is 4.04. The minimum Gasteiger partial charge on any atom is -1.00 e. The highest BCUT2D eigenvalue weighted by Gasteiger charge is 2.34. The summed E-state index contributed by atoms with van der Waals surface area (Å²) in [5.74, 6) is 1.55. The van der Waals surface area contributed by atoms with Crippen LogP contribution in [-0.4, -0.2) is 43.7 Å². The van der Waals surface area contributed by atoms with Crippen LogP contribution in [0.2, 0.25) is 0 Å². The second-order valence-electron chi connectivity index (χ2n) is 7.66. The summed E-state index contributed by atoms with van der Waals surface area (Å²) in [5, 5.41) is 2.21. The number of likely N-dealkylation sites (tertiary alicyclic amines) is 1. The fraction of sp³-hybridized carbons (Fsp3) is 0.550. The molecule has 0 saturated carbocycles. The molecule has 2 aliphatic heterocycles. The Balaban J connectivity index is 0.00000243. The van der Waals surface area contributed by atoms with Crippen molar-refractivity contribution in [3.05, 3.63) is 29.3 Å². The molecule has 0 aromatic heterocycles. The van der Waals surface area contributed by atoms with Crippen LogP contribution < -0.4 is 27.2 Å². The standard InChI is InChI=1S/C20H28N2O3.ClH/c1-20(2)13-14-10-17(24-3)18(25-4)11-15(14)16(21-20)12-19(23)22-8-6-5-7-9-22;/h10-12,21H,5-9,13H2,1-4H3;1H. The number of fused-ring (bicyclic) bond motifs is 1. The molecule has 2 N–H and O–H groups in total. The minimum absolute atomic E-state index is 0. The Labute approximate surface area is 162 Å². The SMILES string of the molecule is COc1cc2c(cc1OC)C(=CC(=O)N1CCCCC1)[NH2+]C(C)(C)C2.[Cl-]. The van der Waals surface area contributed by atoms with Crippen molar-refractivity contribution in [2.24, 2.45) is 0 Å². The van der Waals surface area contributed by atoms with Crippen LogP contribution in [0.4, 0.5) is 0 Å². The van der Waals surface area contributed by atoms with Gasteiger partial charge in [0.25, 0.3) is 5.91 Å². The van der Waals surface area contributed by atoms with Gasteiger partial charge in [-0.2, -0.15) is 0 Å². The number of rotatable bonds is 3. The number of carbonyl (C=O) groups is 1. The summed E-state index contributed by atoms with van der Waals surface area (Å²) in [6.07, 6.45) is 6.14. The number of ether oxygens (including phenoxy) is 2. The average molecular weight is 381 g/mol. The first kappa shape index (κ1) is 20.6. The van der Waals surface area contributed by atoms with Gasteiger partial charge in [-0.1, -0.05) is 0 Å². The fourth-order valence-corrected chi connectivity index (χ4v) is 3.83. The molecule has 1 aromatic rings. The van der Waals surface area contributed by atoms with Gasteiger partial charge in [-0.25, -0.2) is 0 Å². The maximum absolute atomic E-state index is 12.7. The number of amides is 1. The average Bonchev–Trinajstić information content (AvgIpc) is 2.60. The molecular weight excluding hydrogens is 352 g/mol. The van der Waals surface area contributed by atoms with E-state index in [0.717, 1.165) is 49.4 Å². The lowest BCUT2D eigenvalue weighted by Gasteiger charge is -2.32. The number of nitrogens with two attached hydrogens (primary N) is 1. The van der Waals surface area contributed by atoms with Gasteiger partial charge in [0.2, 0.25) is 0 Å². The third-order valence-corrected chi connectivity index (χ3v) is 5.06. The van der Waals surface area contributed by atoms with Gasteiger partial charge in [0.05, 0.1) is 25.8 Å². The number of halogens is 1. The highest BCUT2D eigenvalue weighted by atomic mass is 35.5. The molecule has 0 atom stereocenters. The molecule has 0 radical (unpaired) electrons. The summed E-state index contributed by atoms with van der Waals surface area (Å²) in [6.45, 7) is 6.13. The molecule has 2 heterocycles. The first-order chi connectivity index (χ1) is 11.9. The molecule has 144 valence electrons. The van der Waals surface area contributed by atoms with Crippen LogP contribution >= 0.6 is 0 Å². The van der Waals surface area contributed by atoms with E-state index in [1.807, 2.05) is 17.0 Å². The van der Waals surface area contributed by atoms with Gasteiger partial charge in [0.15, 0.2) is 11.5 Å². The summed E-state index contributed by atoms with van der Waals surface area (Å²) in [5.41, 5.74) is 3.26. The van der Waals surface area contributed by atoms with Crippen LogP contribution in [0.25, 0.3) is 5.70 Å². The lowest BCUT2D eigenvalue weighted by atomic mass is 9.85. The molecular formula is C20H29ClN2O3. The summed E-state index contributed by atoms with van der Waals surface area (Å²) >= 11 is 0. The van der Waals surface area contributed by atoms with Crippen molar-refractivity contribution in [3.8, 4) is 11.5 Å². The normalized spacial score (nSPS) is 20.2. The van der Waals surface area contributed by atoms with Gasteiger partial charge in [-0.3, -0.25) is 4.79 Å². The van der Waals surface area contributed by atoms with Gasteiger partial charge in [-0.05, 0) is 50.8 Å². The zero-order valence-electron chi connectivity index (χ0n) is 16.1. The van der Waals surface area contributed by atoms with E-state index >= 15 is 0 Å². The second-order valence-corrected chi connectivity index (χ2v) is 7.66. The highest BCUT2D eigenvalue weighted by molar-refractivity contribution is 5.94. The van der Waals surface area contributed by atoms with Crippen LogP contribution in [0.15, 0.2) is 18.2 Å². The molecule has 5 nitrogen and oxygen atoms in total. The number of piperidine rings is 1.